The quantitative estimate of drug-likeness (QED) is 0.524. The Labute approximate surface area is 115 Å². The molecule has 20 heavy (non-hydrogen) atoms. The Balaban J connectivity index is 0.000000217. The van der Waals surface area contributed by atoms with Crippen molar-refractivity contribution >= 4 is 17.8 Å². The number of hydrogen-bond donors (Lipinski definition) is 4. The number of carboxylic acids is 1. The Morgan fingerprint density at radius 2 is 2.30 bits per heavy atom. The van der Waals surface area contributed by atoms with Gasteiger partial charge >= 0.3 is 5.97 Å². The van der Waals surface area contributed by atoms with Crippen LogP contribution in [0, 0.1) is 5.41 Å². The molecular weight excluding hydrogens is 264 g/mol. The van der Waals surface area contributed by atoms with Gasteiger partial charge < -0.3 is 20.3 Å². The molecule has 1 atom stereocenters. The number of nitrogens with one attached hydrogen (secondary N) is 2. The Hall–Kier alpha value is -2.42. The summed E-state index contributed by atoms with van der Waals surface area (Å²) in [7, 11) is 3.50. The molecule has 0 bridgehead atoms. The van der Waals surface area contributed by atoms with Gasteiger partial charge in [-0.2, -0.15) is 0 Å². The predicted octanol–water partition coefficient (Wildman–Crippen LogP) is -1.64. The number of guanidine groups is 1. The lowest BCUT2D eigenvalue weighted by atomic mass is 10.2. The molecule has 2 heterocycles. The fourth-order valence-corrected chi connectivity index (χ4v) is 1.46. The topological polar surface area (TPSA) is 137 Å². The van der Waals surface area contributed by atoms with Crippen molar-refractivity contribution in [3.8, 4) is 0 Å². The van der Waals surface area contributed by atoms with Gasteiger partial charge in [0.05, 0.1) is 12.9 Å². The van der Waals surface area contributed by atoms with Gasteiger partial charge in [-0.3, -0.25) is 20.3 Å². The number of nitrogens with zero attached hydrogens (tertiary/aromatic N) is 3. The fraction of sp³-hybridized carbons (Fsp3) is 0.455. The number of aliphatic carboxylic acids is 1. The average molecular weight is 282 g/mol. The highest BCUT2D eigenvalue weighted by atomic mass is 16.4. The lowest BCUT2D eigenvalue weighted by Crippen LogP contribution is -2.32. The van der Waals surface area contributed by atoms with Crippen LogP contribution in [0.3, 0.4) is 0 Å². The minimum absolute atomic E-state index is 0.0995. The second kappa shape index (κ2) is 6.66. The summed E-state index contributed by atoms with van der Waals surface area (Å²) in [4.78, 5) is 26.1. The zero-order valence-corrected chi connectivity index (χ0v) is 11.3. The largest absolute Gasteiger partial charge is 0.480 e. The molecule has 9 nitrogen and oxygen atoms in total. The van der Waals surface area contributed by atoms with Crippen molar-refractivity contribution in [3.63, 3.8) is 0 Å². The van der Waals surface area contributed by atoms with Crippen LogP contribution in [0.15, 0.2) is 12.5 Å². The molecule has 1 aromatic rings. The molecule has 1 aromatic heterocycles. The van der Waals surface area contributed by atoms with Crippen molar-refractivity contribution in [1.82, 2.24) is 19.8 Å². The summed E-state index contributed by atoms with van der Waals surface area (Å²) in [5.74, 6) is -0.899. The summed E-state index contributed by atoms with van der Waals surface area (Å²) in [5, 5.41) is 17.8. The number of aromatic nitrogens is 2. The van der Waals surface area contributed by atoms with Crippen molar-refractivity contribution in [3.05, 3.63) is 18.2 Å². The molecule has 9 heteroatoms. The number of carbonyl (C=O) groups is 2. The van der Waals surface area contributed by atoms with Gasteiger partial charge in [-0.15, -0.1) is 0 Å². The Morgan fingerprint density at radius 1 is 1.65 bits per heavy atom. The highest BCUT2D eigenvalue weighted by molar-refractivity contribution is 6.02. The molecule has 0 saturated carbocycles. The van der Waals surface area contributed by atoms with Crippen LogP contribution in [0.1, 0.15) is 5.69 Å². The van der Waals surface area contributed by atoms with Gasteiger partial charge in [0.15, 0.2) is 5.96 Å². The van der Waals surface area contributed by atoms with E-state index in [2.05, 4.69) is 10.3 Å². The van der Waals surface area contributed by atoms with E-state index in [1.54, 1.807) is 36.1 Å². The molecule has 5 N–H and O–H groups in total. The molecule has 1 unspecified atom stereocenters. The van der Waals surface area contributed by atoms with E-state index < -0.39 is 12.0 Å². The van der Waals surface area contributed by atoms with Gasteiger partial charge in [0, 0.05) is 32.4 Å². The summed E-state index contributed by atoms with van der Waals surface area (Å²) in [6, 6.07) is -0.847. The first-order valence-electron chi connectivity index (χ1n) is 5.84. The van der Waals surface area contributed by atoms with Gasteiger partial charge in [0.2, 0.25) is 5.91 Å². The second-order valence-electron chi connectivity index (χ2n) is 4.40. The number of rotatable bonds is 3. The number of aryl methyl sites for hydroxylation is 1. The van der Waals surface area contributed by atoms with Crippen LogP contribution in [0.5, 0.6) is 0 Å². The van der Waals surface area contributed by atoms with E-state index in [1.165, 1.54) is 0 Å². The smallest absolute Gasteiger partial charge is 0.320 e. The number of imidazole rings is 1. The lowest BCUT2D eigenvalue weighted by molar-refractivity contribution is -0.138. The summed E-state index contributed by atoms with van der Waals surface area (Å²) >= 11 is 0. The van der Waals surface area contributed by atoms with E-state index in [4.69, 9.17) is 16.2 Å². The molecule has 0 radical (unpaired) electrons. The van der Waals surface area contributed by atoms with Crippen LogP contribution in [0.2, 0.25) is 0 Å². The van der Waals surface area contributed by atoms with Crippen LogP contribution >= 0.6 is 0 Å². The number of hydrogen-bond acceptors (Lipinski definition) is 5. The summed E-state index contributed by atoms with van der Waals surface area (Å²) < 4.78 is 1.75. The zero-order chi connectivity index (χ0) is 15.3. The van der Waals surface area contributed by atoms with E-state index in [1.807, 2.05) is 0 Å². The minimum atomic E-state index is -0.990. The Morgan fingerprint density at radius 3 is 2.60 bits per heavy atom. The van der Waals surface area contributed by atoms with Crippen molar-refractivity contribution in [2.24, 2.45) is 12.8 Å². The third-order valence-corrected chi connectivity index (χ3v) is 2.68. The summed E-state index contributed by atoms with van der Waals surface area (Å²) in [5.41, 5.74) is 6.16. The number of likely N-dealkylation sites (N-methyl/N-ethyl adjacent to an activating group) is 1. The Kier molecular flexibility index (Phi) is 5.21. The van der Waals surface area contributed by atoms with Crippen LogP contribution in [-0.2, 0) is 23.1 Å². The molecule has 2 rings (SSSR count). The first-order valence-corrected chi connectivity index (χ1v) is 5.84. The molecule has 0 aromatic carbocycles. The third-order valence-electron chi connectivity index (χ3n) is 2.68. The van der Waals surface area contributed by atoms with Gasteiger partial charge in [0.25, 0.3) is 0 Å². The van der Waals surface area contributed by atoms with E-state index in [9.17, 15) is 9.59 Å². The standard InChI is InChI=1S/C7H11N3O2.C4H7N3O/c1-10-4-9-3-5(10)2-6(8)7(11)12;1-7-2-3(8)6-4(7)5/h3-4,6H,2,8H2,1H3,(H,11,12);2H2,1H3,(H2,5,6,8). The third kappa shape index (κ3) is 4.35. The van der Waals surface area contributed by atoms with Crippen molar-refractivity contribution < 1.29 is 14.7 Å². The van der Waals surface area contributed by atoms with Crippen LogP contribution in [0.4, 0.5) is 0 Å². The zero-order valence-electron chi connectivity index (χ0n) is 11.3. The minimum Gasteiger partial charge on any atom is -0.480 e. The van der Waals surface area contributed by atoms with Crippen LogP contribution < -0.4 is 11.1 Å². The fourth-order valence-electron chi connectivity index (χ4n) is 1.46. The number of carbonyl (C=O) groups excluding carboxylic acids is 1. The molecular formula is C11H18N6O3. The number of amides is 1. The molecule has 1 aliphatic rings. The molecule has 1 amide bonds. The number of carboxylic acid groups (broad SMARTS) is 1. The average Bonchev–Trinajstić information content (AvgIpc) is 2.87. The maximum absolute atomic E-state index is 10.4. The van der Waals surface area contributed by atoms with Gasteiger partial charge in [0.1, 0.15) is 6.04 Å². The molecule has 1 fully saturated rings. The van der Waals surface area contributed by atoms with E-state index in [0.29, 0.717) is 13.0 Å². The summed E-state index contributed by atoms with van der Waals surface area (Å²) in [6.45, 7) is 0.318. The van der Waals surface area contributed by atoms with Gasteiger partial charge in [-0.1, -0.05) is 0 Å². The van der Waals surface area contributed by atoms with Gasteiger partial charge in [-0.25, -0.2) is 4.98 Å². The second-order valence-corrected chi connectivity index (χ2v) is 4.40. The maximum Gasteiger partial charge on any atom is 0.320 e. The van der Waals surface area contributed by atoms with Gasteiger partial charge in [-0.05, 0) is 0 Å². The van der Waals surface area contributed by atoms with E-state index in [-0.39, 0.29) is 11.9 Å². The first-order chi connectivity index (χ1) is 9.31. The normalized spacial score (nSPS) is 15.4. The molecule has 0 aliphatic carbocycles. The summed E-state index contributed by atoms with van der Waals surface area (Å²) in [6.07, 6.45) is 3.54. The molecule has 0 spiro atoms. The lowest BCUT2D eigenvalue weighted by Gasteiger charge is -2.05. The Bertz CT molecular complexity index is 512. The first kappa shape index (κ1) is 15.6. The molecule has 110 valence electrons. The molecule has 1 aliphatic heterocycles. The highest BCUT2D eigenvalue weighted by Gasteiger charge is 2.18. The SMILES string of the molecule is CN1CC(=O)NC1=N.Cn1cncc1CC(N)C(=O)O. The number of nitrogens with two attached hydrogens (primary N) is 1. The molecule has 1 saturated heterocycles. The van der Waals surface area contributed by atoms with Crippen LogP contribution in [0.25, 0.3) is 0 Å². The maximum atomic E-state index is 10.4. The van der Waals surface area contributed by atoms with E-state index in [0.717, 1.165) is 5.69 Å². The van der Waals surface area contributed by atoms with Crippen LogP contribution in [-0.4, -0.2) is 57.0 Å². The highest BCUT2D eigenvalue weighted by Crippen LogP contribution is 1.99. The van der Waals surface area contributed by atoms with Crippen molar-refractivity contribution in [2.45, 2.75) is 12.5 Å². The van der Waals surface area contributed by atoms with Crippen molar-refractivity contribution in [2.75, 3.05) is 13.6 Å². The van der Waals surface area contributed by atoms with E-state index >= 15 is 0 Å². The predicted molar refractivity (Wildman–Crippen MR) is 71.0 cm³/mol. The van der Waals surface area contributed by atoms with Crippen molar-refractivity contribution in [1.29, 1.82) is 5.41 Å². The monoisotopic (exact) mass is 282 g/mol.